The summed E-state index contributed by atoms with van der Waals surface area (Å²) in [6, 6.07) is 17.2. The Labute approximate surface area is 168 Å². The van der Waals surface area contributed by atoms with Gasteiger partial charge in [-0.3, -0.25) is 9.78 Å². The van der Waals surface area contributed by atoms with Crippen LogP contribution in [0.4, 0.5) is 11.5 Å². The first-order valence-electron chi connectivity index (χ1n) is 9.24. The monoisotopic (exact) mass is 384 g/mol. The number of fused-ring (bicyclic) bond motifs is 1. The van der Waals surface area contributed by atoms with E-state index in [4.69, 9.17) is 14.7 Å². The van der Waals surface area contributed by atoms with Crippen LogP contribution in [0.15, 0.2) is 67.0 Å². The number of carbonyl (C=O) groups excluding carboxylic acids is 1. The number of pyridine rings is 1. The molecule has 6 heteroatoms. The fourth-order valence-electron chi connectivity index (χ4n) is 3.15. The molecule has 2 aromatic heterocycles. The number of rotatable bonds is 6. The highest BCUT2D eigenvalue weighted by Gasteiger charge is 2.13. The van der Waals surface area contributed by atoms with Crippen LogP contribution in [0.5, 0.6) is 5.75 Å². The maximum atomic E-state index is 11.7. The van der Waals surface area contributed by atoms with Crippen LogP contribution in [0.3, 0.4) is 0 Å². The van der Waals surface area contributed by atoms with Crippen molar-refractivity contribution in [3.63, 3.8) is 0 Å². The first-order chi connectivity index (χ1) is 14.1. The van der Waals surface area contributed by atoms with Crippen LogP contribution in [-0.2, 0) is 11.2 Å². The summed E-state index contributed by atoms with van der Waals surface area (Å²) >= 11 is 0. The molecule has 0 atom stereocenters. The van der Waals surface area contributed by atoms with Crippen LogP contribution >= 0.6 is 0 Å². The van der Waals surface area contributed by atoms with Crippen molar-refractivity contribution in [2.45, 2.75) is 13.3 Å². The molecule has 4 rings (SSSR count). The Bertz CT molecular complexity index is 1180. The number of para-hydroxylation sites is 1. The van der Waals surface area contributed by atoms with Crippen molar-refractivity contribution in [2.75, 3.05) is 12.4 Å². The van der Waals surface area contributed by atoms with Crippen molar-refractivity contribution >= 4 is 28.2 Å². The zero-order chi connectivity index (χ0) is 20.2. The second-order valence-electron chi connectivity index (χ2n) is 6.68. The molecule has 2 aromatic carbocycles. The van der Waals surface area contributed by atoms with Crippen LogP contribution in [-0.4, -0.2) is 27.8 Å². The third-order valence-corrected chi connectivity index (χ3v) is 4.53. The SMILES string of the molecule is COc1ccc2nc(-c3cccnc3)nc(Nc3ccccc3CC(C)=O)c2c1. The summed E-state index contributed by atoms with van der Waals surface area (Å²) in [7, 11) is 1.63. The molecule has 4 aromatic rings. The van der Waals surface area contributed by atoms with Gasteiger partial charge in [0.1, 0.15) is 17.4 Å². The molecule has 2 heterocycles. The summed E-state index contributed by atoms with van der Waals surface area (Å²) in [5.74, 6) is 2.03. The lowest BCUT2D eigenvalue weighted by Crippen LogP contribution is -2.04. The first kappa shape index (κ1) is 18.6. The number of carbonyl (C=O) groups is 1. The average Bonchev–Trinajstić information content (AvgIpc) is 2.75. The lowest BCUT2D eigenvalue weighted by atomic mass is 10.1. The molecular formula is C23H20N4O2. The van der Waals surface area contributed by atoms with Gasteiger partial charge in [0.15, 0.2) is 5.82 Å². The van der Waals surface area contributed by atoms with Crippen molar-refractivity contribution in [3.8, 4) is 17.1 Å². The van der Waals surface area contributed by atoms with Crippen molar-refractivity contribution < 1.29 is 9.53 Å². The molecule has 29 heavy (non-hydrogen) atoms. The number of nitrogens with zero attached hydrogens (tertiary/aromatic N) is 3. The van der Waals surface area contributed by atoms with Crippen LogP contribution in [0.2, 0.25) is 0 Å². The number of benzene rings is 2. The summed E-state index contributed by atoms with van der Waals surface area (Å²) in [5.41, 5.74) is 3.36. The lowest BCUT2D eigenvalue weighted by Gasteiger charge is -2.14. The van der Waals surface area contributed by atoms with Gasteiger partial charge < -0.3 is 10.1 Å². The number of nitrogens with one attached hydrogen (secondary N) is 1. The molecule has 144 valence electrons. The third kappa shape index (κ3) is 4.06. The highest BCUT2D eigenvalue weighted by atomic mass is 16.5. The Hall–Kier alpha value is -3.80. The van der Waals surface area contributed by atoms with Gasteiger partial charge in [0.25, 0.3) is 0 Å². The van der Waals surface area contributed by atoms with E-state index in [0.717, 1.165) is 33.5 Å². The quantitative estimate of drug-likeness (QED) is 0.524. The number of ketones is 1. The van der Waals surface area contributed by atoms with Gasteiger partial charge in [0.2, 0.25) is 0 Å². The average molecular weight is 384 g/mol. The lowest BCUT2D eigenvalue weighted by molar-refractivity contribution is -0.116. The molecule has 0 saturated heterocycles. The zero-order valence-electron chi connectivity index (χ0n) is 16.2. The normalized spacial score (nSPS) is 10.7. The second-order valence-corrected chi connectivity index (χ2v) is 6.68. The number of Topliss-reactive ketones (excluding diaryl/α,β-unsaturated/α-hetero) is 1. The Morgan fingerprint density at radius 1 is 1.07 bits per heavy atom. The van der Waals surface area contributed by atoms with E-state index < -0.39 is 0 Å². The van der Waals surface area contributed by atoms with Gasteiger partial charge in [0.05, 0.1) is 12.6 Å². The number of hydrogen-bond donors (Lipinski definition) is 1. The molecule has 0 unspecified atom stereocenters. The number of hydrogen-bond acceptors (Lipinski definition) is 6. The van der Waals surface area contributed by atoms with E-state index in [1.165, 1.54) is 0 Å². The smallest absolute Gasteiger partial charge is 0.163 e. The van der Waals surface area contributed by atoms with Crippen molar-refractivity contribution in [1.29, 1.82) is 0 Å². The van der Waals surface area contributed by atoms with Gasteiger partial charge in [-0.1, -0.05) is 18.2 Å². The van der Waals surface area contributed by atoms with E-state index in [1.807, 2.05) is 54.6 Å². The van der Waals surface area contributed by atoms with E-state index in [2.05, 4.69) is 10.3 Å². The maximum absolute atomic E-state index is 11.7. The van der Waals surface area contributed by atoms with Gasteiger partial charge in [-0.05, 0) is 48.9 Å². The molecule has 0 aliphatic carbocycles. The van der Waals surface area contributed by atoms with Crippen LogP contribution in [0.25, 0.3) is 22.3 Å². The Morgan fingerprint density at radius 2 is 1.93 bits per heavy atom. The molecule has 0 saturated carbocycles. The standard InChI is InChI=1S/C23H20N4O2/c1-15(28)12-16-6-3-4-8-20(16)25-23-19-13-18(29-2)9-10-21(19)26-22(27-23)17-7-5-11-24-14-17/h3-11,13-14H,12H2,1-2H3,(H,25,26,27). The first-order valence-corrected chi connectivity index (χ1v) is 9.24. The molecule has 0 amide bonds. The second kappa shape index (κ2) is 8.06. The molecule has 1 N–H and O–H groups in total. The Balaban J connectivity index is 1.87. The molecular weight excluding hydrogens is 364 g/mol. The van der Waals surface area contributed by atoms with Crippen LogP contribution < -0.4 is 10.1 Å². The molecule has 0 spiro atoms. The highest BCUT2D eigenvalue weighted by Crippen LogP contribution is 2.31. The molecule has 0 bridgehead atoms. The van der Waals surface area contributed by atoms with Crippen molar-refractivity contribution in [3.05, 3.63) is 72.6 Å². The number of ether oxygens (including phenoxy) is 1. The zero-order valence-corrected chi connectivity index (χ0v) is 16.2. The maximum Gasteiger partial charge on any atom is 0.163 e. The number of anilines is 2. The predicted octanol–water partition coefficient (Wildman–Crippen LogP) is 4.58. The van der Waals surface area contributed by atoms with Crippen molar-refractivity contribution in [1.82, 2.24) is 15.0 Å². The highest BCUT2D eigenvalue weighted by molar-refractivity contribution is 5.93. The summed E-state index contributed by atoms with van der Waals surface area (Å²) in [6.45, 7) is 1.59. The van der Waals surface area contributed by atoms with Gasteiger partial charge in [0, 0.05) is 35.5 Å². The molecule has 0 aliphatic rings. The van der Waals surface area contributed by atoms with E-state index in [0.29, 0.717) is 18.1 Å². The fourth-order valence-corrected chi connectivity index (χ4v) is 3.15. The summed E-state index contributed by atoms with van der Waals surface area (Å²) < 4.78 is 5.38. The topological polar surface area (TPSA) is 77.0 Å². The summed E-state index contributed by atoms with van der Waals surface area (Å²) in [5, 5.41) is 4.23. The Kier molecular flexibility index (Phi) is 5.16. The van der Waals surface area contributed by atoms with E-state index >= 15 is 0 Å². The Morgan fingerprint density at radius 3 is 2.69 bits per heavy atom. The molecule has 0 fully saturated rings. The van der Waals surface area contributed by atoms with Gasteiger partial charge >= 0.3 is 0 Å². The number of aromatic nitrogens is 3. The minimum atomic E-state index is 0.101. The van der Waals surface area contributed by atoms with Gasteiger partial charge in [-0.15, -0.1) is 0 Å². The van der Waals surface area contributed by atoms with Crippen molar-refractivity contribution in [2.24, 2.45) is 0 Å². The number of methoxy groups -OCH3 is 1. The minimum Gasteiger partial charge on any atom is -0.497 e. The molecule has 0 aliphatic heterocycles. The van der Waals surface area contributed by atoms with Gasteiger partial charge in [-0.2, -0.15) is 0 Å². The minimum absolute atomic E-state index is 0.101. The van der Waals surface area contributed by atoms with E-state index in [9.17, 15) is 4.79 Å². The third-order valence-electron chi connectivity index (χ3n) is 4.53. The summed E-state index contributed by atoms with van der Waals surface area (Å²) in [4.78, 5) is 25.3. The van der Waals surface area contributed by atoms with E-state index in [-0.39, 0.29) is 5.78 Å². The summed E-state index contributed by atoms with van der Waals surface area (Å²) in [6.07, 6.45) is 3.80. The molecule has 6 nitrogen and oxygen atoms in total. The van der Waals surface area contributed by atoms with Crippen LogP contribution in [0.1, 0.15) is 12.5 Å². The largest absolute Gasteiger partial charge is 0.497 e. The van der Waals surface area contributed by atoms with Crippen LogP contribution in [0, 0.1) is 0 Å². The molecule has 0 radical (unpaired) electrons. The van der Waals surface area contributed by atoms with Gasteiger partial charge in [-0.25, -0.2) is 9.97 Å². The fraction of sp³-hybridized carbons (Fsp3) is 0.130. The predicted molar refractivity (Wildman–Crippen MR) is 113 cm³/mol. The van der Waals surface area contributed by atoms with E-state index in [1.54, 1.807) is 26.4 Å².